The standard InChI is InChI=1S/C15H21N3/c1-2-9-18-14(16)17-11-15(18)8-7-12-5-3-4-6-13(12)10-15/h3-6H,2,7-11H2,1H3,(H2,16,17). The van der Waals surface area contributed by atoms with Gasteiger partial charge in [-0.1, -0.05) is 31.2 Å². The Bertz CT molecular complexity index is 480. The lowest BCUT2D eigenvalue weighted by atomic mass is 9.77. The van der Waals surface area contributed by atoms with E-state index in [4.69, 9.17) is 5.73 Å². The smallest absolute Gasteiger partial charge is 0.191 e. The molecule has 1 aromatic carbocycles. The molecule has 0 bridgehead atoms. The van der Waals surface area contributed by atoms with Crippen LogP contribution in [0.3, 0.4) is 0 Å². The lowest BCUT2D eigenvalue weighted by Crippen LogP contribution is -2.54. The van der Waals surface area contributed by atoms with Crippen LogP contribution in [0.15, 0.2) is 29.3 Å². The van der Waals surface area contributed by atoms with Crippen LogP contribution >= 0.6 is 0 Å². The lowest BCUT2D eigenvalue weighted by molar-refractivity contribution is 0.176. The fraction of sp³-hybridized carbons (Fsp3) is 0.533. The molecule has 0 amide bonds. The molecule has 1 atom stereocenters. The first-order chi connectivity index (χ1) is 8.75. The van der Waals surface area contributed by atoms with Gasteiger partial charge in [0.25, 0.3) is 0 Å². The lowest BCUT2D eigenvalue weighted by Gasteiger charge is -2.42. The van der Waals surface area contributed by atoms with Crippen LogP contribution in [0.4, 0.5) is 0 Å². The molecule has 96 valence electrons. The van der Waals surface area contributed by atoms with Crippen molar-refractivity contribution in [3.8, 4) is 0 Å². The molecular formula is C15H21N3. The Morgan fingerprint density at radius 1 is 1.33 bits per heavy atom. The number of hydrogen-bond acceptors (Lipinski definition) is 3. The summed E-state index contributed by atoms with van der Waals surface area (Å²) in [4.78, 5) is 6.86. The molecular weight excluding hydrogens is 222 g/mol. The molecule has 2 N–H and O–H groups in total. The predicted molar refractivity (Wildman–Crippen MR) is 74.7 cm³/mol. The van der Waals surface area contributed by atoms with Gasteiger partial charge in [-0.05, 0) is 36.8 Å². The number of benzene rings is 1. The normalized spacial score (nSPS) is 26.3. The van der Waals surface area contributed by atoms with E-state index in [2.05, 4.69) is 41.1 Å². The fourth-order valence-corrected chi connectivity index (χ4v) is 3.37. The van der Waals surface area contributed by atoms with Crippen molar-refractivity contribution in [2.24, 2.45) is 10.7 Å². The summed E-state index contributed by atoms with van der Waals surface area (Å²) in [6.07, 6.45) is 4.54. The first-order valence-corrected chi connectivity index (χ1v) is 6.89. The van der Waals surface area contributed by atoms with E-state index >= 15 is 0 Å². The topological polar surface area (TPSA) is 41.6 Å². The van der Waals surface area contributed by atoms with Crippen molar-refractivity contribution in [1.29, 1.82) is 0 Å². The zero-order chi connectivity index (χ0) is 12.6. The van der Waals surface area contributed by atoms with E-state index in [0.717, 1.165) is 38.3 Å². The van der Waals surface area contributed by atoms with E-state index in [1.807, 2.05) is 0 Å². The summed E-state index contributed by atoms with van der Waals surface area (Å²) in [5.74, 6) is 0.747. The van der Waals surface area contributed by atoms with Gasteiger partial charge in [-0.15, -0.1) is 0 Å². The van der Waals surface area contributed by atoms with Gasteiger partial charge >= 0.3 is 0 Å². The van der Waals surface area contributed by atoms with Crippen molar-refractivity contribution in [2.45, 2.75) is 38.1 Å². The van der Waals surface area contributed by atoms with E-state index in [0.29, 0.717) is 0 Å². The number of aryl methyl sites for hydroxylation is 1. The largest absolute Gasteiger partial charge is 0.370 e. The molecule has 0 saturated heterocycles. The number of nitrogens with zero attached hydrogens (tertiary/aromatic N) is 2. The average molecular weight is 243 g/mol. The Kier molecular flexibility index (Phi) is 2.77. The van der Waals surface area contributed by atoms with Gasteiger partial charge in [0.1, 0.15) is 0 Å². The van der Waals surface area contributed by atoms with Gasteiger partial charge in [0.05, 0.1) is 12.1 Å². The quantitative estimate of drug-likeness (QED) is 0.862. The SMILES string of the molecule is CCCN1C(N)=NCC12CCc1ccccc1C2. The zero-order valence-electron chi connectivity index (χ0n) is 11.0. The summed E-state index contributed by atoms with van der Waals surface area (Å²) >= 11 is 0. The molecule has 1 heterocycles. The van der Waals surface area contributed by atoms with Gasteiger partial charge in [-0.3, -0.25) is 4.99 Å². The van der Waals surface area contributed by atoms with E-state index in [9.17, 15) is 0 Å². The monoisotopic (exact) mass is 243 g/mol. The minimum absolute atomic E-state index is 0.161. The summed E-state index contributed by atoms with van der Waals surface area (Å²) in [6.45, 7) is 4.10. The molecule has 0 fully saturated rings. The molecule has 18 heavy (non-hydrogen) atoms. The summed E-state index contributed by atoms with van der Waals surface area (Å²) in [5, 5.41) is 0. The van der Waals surface area contributed by atoms with Crippen LogP contribution in [-0.4, -0.2) is 29.5 Å². The highest BCUT2D eigenvalue weighted by Crippen LogP contribution is 2.36. The number of hydrogen-bond donors (Lipinski definition) is 1. The highest BCUT2D eigenvalue weighted by atomic mass is 15.4. The molecule has 3 rings (SSSR count). The third-order valence-electron chi connectivity index (χ3n) is 4.33. The maximum Gasteiger partial charge on any atom is 0.191 e. The molecule has 1 unspecified atom stereocenters. The van der Waals surface area contributed by atoms with E-state index in [1.165, 1.54) is 17.5 Å². The molecule has 3 nitrogen and oxygen atoms in total. The number of nitrogens with two attached hydrogens (primary N) is 1. The molecule has 1 aliphatic carbocycles. The Labute approximate surface area is 109 Å². The van der Waals surface area contributed by atoms with Gasteiger partial charge in [-0.25, -0.2) is 0 Å². The van der Waals surface area contributed by atoms with Gasteiger partial charge < -0.3 is 10.6 Å². The highest BCUT2D eigenvalue weighted by molar-refractivity contribution is 5.81. The van der Waals surface area contributed by atoms with Crippen molar-refractivity contribution < 1.29 is 0 Å². The molecule has 0 saturated carbocycles. The molecule has 0 aromatic heterocycles. The van der Waals surface area contributed by atoms with Gasteiger partial charge in [0, 0.05) is 6.54 Å². The summed E-state index contributed by atoms with van der Waals surface area (Å²) in [5.41, 5.74) is 9.21. The van der Waals surface area contributed by atoms with Crippen molar-refractivity contribution in [1.82, 2.24) is 4.90 Å². The Balaban J connectivity index is 1.90. The van der Waals surface area contributed by atoms with Gasteiger partial charge in [0.15, 0.2) is 5.96 Å². The number of rotatable bonds is 2. The summed E-state index contributed by atoms with van der Waals surface area (Å²) in [6, 6.07) is 8.79. The third-order valence-corrected chi connectivity index (χ3v) is 4.33. The Hall–Kier alpha value is -1.51. The molecule has 1 spiro atoms. The van der Waals surface area contributed by atoms with Crippen LogP contribution in [0.5, 0.6) is 0 Å². The number of aliphatic imine (C=N–C) groups is 1. The zero-order valence-corrected chi connectivity index (χ0v) is 11.0. The van der Waals surface area contributed by atoms with Crippen LogP contribution in [0.2, 0.25) is 0 Å². The van der Waals surface area contributed by atoms with Crippen LogP contribution in [0, 0.1) is 0 Å². The van der Waals surface area contributed by atoms with Crippen molar-refractivity contribution in [3.63, 3.8) is 0 Å². The van der Waals surface area contributed by atoms with Crippen LogP contribution in [-0.2, 0) is 12.8 Å². The third kappa shape index (κ3) is 1.69. The average Bonchev–Trinajstić information content (AvgIpc) is 2.69. The second-order valence-corrected chi connectivity index (χ2v) is 5.50. The molecule has 3 heteroatoms. The number of fused-ring (bicyclic) bond motifs is 1. The first kappa shape index (κ1) is 11.6. The first-order valence-electron chi connectivity index (χ1n) is 6.89. The maximum absolute atomic E-state index is 6.07. The van der Waals surface area contributed by atoms with Crippen LogP contribution in [0.1, 0.15) is 30.9 Å². The van der Waals surface area contributed by atoms with E-state index in [1.54, 1.807) is 0 Å². The van der Waals surface area contributed by atoms with Crippen molar-refractivity contribution in [2.75, 3.05) is 13.1 Å². The predicted octanol–water partition coefficient (Wildman–Crippen LogP) is 1.95. The fourth-order valence-electron chi connectivity index (χ4n) is 3.37. The van der Waals surface area contributed by atoms with Crippen molar-refractivity contribution in [3.05, 3.63) is 35.4 Å². The summed E-state index contributed by atoms with van der Waals surface area (Å²) in [7, 11) is 0. The molecule has 2 aliphatic rings. The molecule has 1 aliphatic heterocycles. The molecule has 0 radical (unpaired) electrons. The van der Waals surface area contributed by atoms with E-state index < -0.39 is 0 Å². The minimum atomic E-state index is 0.161. The minimum Gasteiger partial charge on any atom is -0.370 e. The second-order valence-electron chi connectivity index (χ2n) is 5.50. The summed E-state index contributed by atoms with van der Waals surface area (Å²) < 4.78 is 0. The van der Waals surface area contributed by atoms with Crippen LogP contribution < -0.4 is 5.73 Å². The van der Waals surface area contributed by atoms with Crippen LogP contribution in [0.25, 0.3) is 0 Å². The number of guanidine groups is 1. The van der Waals surface area contributed by atoms with E-state index in [-0.39, 0.29) is 5.54 Å². The maximum atomic E-state index is 6.07. The van der Waals surface area contributed by atoms with Gasteiger partial charge in [0.2, 0.25) is 0 Å². The Morgan fingerprint density at radius 2 is 2.11 bits per heavy atom. The van der Waals surface area contributed by atoms with Gasteiger partial charge in [-0.2, -0.15) is 0 Å². The van der Waals surface area contributed by atoms with Crippen molar-refractivity contribution >= 4 is 5.96 Å². The Morgan fingerprint density at radius 3 is 2.89 bits per heavy atom. The second kappa shape index (κ2) is 4.30. The molecule has 1 aromatic rings. The highest BCUT2D eigenvalue weighted by Gasteiger charge is 2.43.